The Labute approximate surface area is 120 Å². The molecule has 2 aromatic rings. The molecule has 0 saturated carbocycles. The highest BCUT2D eigenvalue weighted by atomic mass is 15.4. The van der Waals surface area contributed by atoms with Crippen LogP contribution in [0.5, 0.6) is 0 Å². The Balaban J connectivity index is 2.01. The summed E-state index contributed by atoms with van der Waals surface area (Å²) in [5.41, 5.74) is 0.768. The third kappa shape index (κ3) is 2.37. The van der Waals surface area contributed by atoms with Crippen LogP contribution < -0.4 is 4.90 Å². The van der Waals surface area contributed by atoms with Crippen molar-refractivity contribution in [2.24, 2.45) is 5.92 Å². The average molecular weight is 273 g/mol. The van der Waals surface area contributed by atoms with Crippen LogP contribution in [-0.4, -0.2) is 32.9 Å². The molecule has 3 rings (SSSR count). The van der Waals surface area contributed by atoms with Crippen LogP contribution in [0.4, 0.5) is 5.82 Å². The van der Waals surface area contributed by atoms with Gasteiger partial charge in [-0.2, -0.15) is 4.52 Å². The summed E-state index contributed by atoms with van der Waals surface area (Å²) in [6.07, 6.45) is 2.56. The fourth-order valence-corrected chi connectivity index (χ4v) is 2.81. The number of hydrogen-bond acceptors (Lipinski definition) is 4. The molecule has 1 fully saturated rings. The summed E-state index contributed by atoms with van der Waals surface area (Å²) in [5.74, 6) is 2.69. The summed E-state index contributed by atoms with van der Waals surface area (Å²) in [7, 11) is 0. The molecule has 0 bridgehead atoms. The van der Waals surface area contributed by atoms with E-state index in [1.165, 1.54) is 12.8 Å². The highest BCUT2D eigenvalue weighted by molar-refractivity contribution is 5.46. The zero-order valence-electron chi connectivity index (χ0n) is 12.8. The van der Waals surface area contributed by atoms with Gasteiger partial charge in [0, 0.05) is 18.5 Å². The molecule has 0 aromatic carbocycles. The molecule has 1 saturated heterocycles. The number of rotatable bonds is 1. The monoisotopic (exact) mass is 273 g/mol. The summed E-state index contributed by atoms with van der Waals surface area (Å²) in [4.78, 5) is 2.38. The summed E-state index contributed by atoms with van der Waals surface area (Å²) >= 11 is 0. The van der Waals surface area contributed by atoms with Gasteiger partial charge in [-0.05, 0) is 30.9 Å². The second-order valence-electron chi connectivity index (χ2n) is 6.93. The lowest BCUT2D eigenvalue weighted by atomic mass is 9.96. The van der Waals surface area contributed by atoms with Crippen molar-refractivity contribution in [2.75, 3.05) is 18.0 Å². The third-order valence-electron chi connectivity index (χ3n) is 3.90. The Bertz CT molecular complexity index is 610. The van der Waals surface area contributed by atoms with Crippen molar-refractivity contribution < 1.29 is 0 Å². The van der Waals surface area contributed by atoms with Gasteiger partial charge in [0.15, 0.2) is 11.5 Å². The molecule has 20 heavy (non-hydrogen) atoms. The van der Waals surface area contributed by atoms with E-state index in [0.717, 1.165) is 36.3 Å². The molecule has 3 heterocycles. The van der Waals surface area contributed by atoms with Gasteiger partial charge in [0.1, 0.15) is 5.82 Å². The molecule has 1 aliphatic heterocycles. The molecule has 5 heteroatoms. The second kappa shape index (κ2) is 4.72. The SMILES string of the molecule is CC1CCCN(c2ccc3nnc(C(C)(C)C)n3n2)C1. The van der Waals surface area contributed by atoms with Crippen LogP contribution in [0.15, 0.2) is 12.1 Å². The van der Waals surface area contributed by atoms with Crippen molar-refractivity contribution >= 4 is 11.5 Å². The van der Waals surface area contributed by atoms with E-state index in [0.29, 0.717) is 0 Å². The van der Waals surface area contributed by atoms with Crippen LogP contribution in [0.2, 0.25) is 0 Å². The van der Waals surface area contributed by atoms with Crippen LogP contribution >= 0.6 is 0 Å². The molecule has 1 aliphatic rings. The van der Waals surface area contributed by atoms with Gasteiger partial charge in [0.25, 0.3) is 0 Å². The first-order valence-corrected chi connectivity index (χ1v) is 7.43. The predicted molar refractivity (Wildman–Crippen MR) is 80.1 cm³/mol. The Kier molecular flexibility index (Phi) is 3.15. The first-order chi connectivity index (χ1) is 9.45. The molecule has 1 atom stereocenters. The zero-order valence-corrected chi connectivity index (χ0v) is 12.8. The summed E-state index contributed by atoms with van der Waals surface area (Å²) < 4.78 is 1.90. The fraction of sp³-hybridized carbons (Fsp3) is 0.667. The Morgan fingerprint density at radius 2 is 2.00 bits per heavy atom. The van der Waals surface area contributed by atoms with Gasteiger partial charge in [-0.15, -0.1) is 15.3 Å². The second-order valence-corrected chi connectivity index (χ2v) is 6.93. The Morgan fingerprint density at radius 1 is 1.20 bits per heavy atom. The van der Waals surface area contributed by atoms with E-state index in [4.69, 9.17) is 5.10 Å². The zero-order chi connectivity index (χ0) is 14.3. The third-order valence-corrected chi connectivity index (χ3v) is 3.90. The number of piperidine rings is 1. The minimum absolute atomic E-state index is 0.0553. The summed E-state index contributed by atoms with van der Waals surface area (Å²) in [6.45, 7) is 10.9. The number of hydrogen-bond donors (Lipinski definition) is 0. The molecular formula is C15H23N5. The highest BCUT2D eigenvalue weighted by Gasteiger charge is 2.23. The average Bonchev–Trinajstić information content (AvgIpc) is 2.81. The van der Waals surface area contributed by atoms with E-state index in [9.17, 15) is 0 Å². The fourth-order valence-electron chi connectivity index (χ4n) is 2.81. The minimum atomic E-state index is -0.0553. The lowest BCUT2D eigenvalue weighted by Gasteiger charge is -2.31. The largest absolute Gasteiger partial charge is 0.355 e. The number of anilines is 1. The van der Waals surface area contributed by atoms with Crippen LogP contribution in [0, 0.1) is 5.92 Å². The van der Waals surface area contributed by atoms with E-state index in [2.05, 4.69) is 48.9 Å². The van der Waals surface area contributed by atoms with E-state index < -0.39 is 0 Å². The van der Waals surface area contributed by atoms with Crippen LogP contribution in [0.3, 0.4) is 0 Å². The molecule has 2 aromatic heterocycles. The van der Waals surface area contributed by atoms with Crippen molar-refractivity contribution in [3.05, 3.63) is 18.0 Å². The molecule has 0 spiro atoms. The number of aromatic nitrogens is 4. The topological polar surface area (TPSA) is 46.3 Å². The smallest absolute Gasteiger partial charge is 0.178 e. The van der Waals surface area contributed by atoms with Crippen LogP contribution in [0.25, 0.3) is 5.65 Å². The lowest BCUT2D eigenvalue weighted by molar-refractivity contribution is 0.442. The first kappa shape index (κ1) is 13.3. The lowest BCUT2D eigenvalue weighted by Crippen LogP contribution is -2.35. The van der Waals surface area contributed by atoms with Gasteiger partial charge in [0.05, 0.1) is 0 Å². The normalized spacial score (nSPS) is 20.6. The molecule has 0 aliphatic carbocycles. The van der Waals surface area contributed by atoms with Gasteiger partial charge >= 0.3 is 0 Å². The van der Waals surface area contributed by atoms with E-state index in [1.54, 1.807) is 0 Å². The first-order valence-electron chi connectivity index (χ1n) is 7.43. The van der Waals surface area contributed by atoms with Gasteiger partial charge < -0.3 is 4.90 Å². The van der Waals surface area contributed by atoms with Crippen LogP contribution in [0.1, 0.15) is 46.4 Å². The van der Waals surface area contributed by atoms with Crippen molar-refractivity contribution in [1.29, 1.82) is 0 Å². The maximum atomic E-state index is 4.78. The Morgan fingerprint density at radius 3 is 2.70 bits per heavy atom. The maximum absolute atomic E-state index is 4.78. The van der Waals surface area contributed by atoms with E-state index >= 15 is 0 Å². The summed E-state index contributed by atoms with van der Waals surface area (Å²) in [6, 6.07) is 4.08. The Hall–Kier alpha value is -1.65. The molecular weight excluding hydrogens is 250 g/mol. The molecule has 0 amide bonds. The quantitative estimate of drug-likeness (QED) is 0.801. The van der Waals surface area contributed by atoms with Gasteiger partial charge in [-0.1, -0.05) is 27.7 Å². The standard InChI is InChI=1S/C15H23N5/c1-11-6-5-9-19(10-11)13-8-7-12-16-17-14(15(2,3)4)20(12)18-13/h7-8,11H,5-6,9-10H2,1-4H3. The molecule has 0 N–H and O–H groups in total. The predicted octanol–water partition coefficient (Wildman–Crippen LogP) is 2.66. The molecule has 108 valence electrons. The van der Waals surface area contributed by atoms with Crippen molar-refractivity contribution in [2.45, 2.75) is 46.0 Å². The van der Waals surface area contributed by atoms with Crippen molar-refractivity contribution in [3.63, 3.8) is 0 Å². The molecule has 1 unspecified atom stereocenters. The van der Waals surface area contributed by atoms with Gasteiger partial charge in [-0.25, -0.2) is 0 Å². The van der Waals surface area contributed by atoms with E-state index in [-0.39, 0.29) is 5.41 Å². The highest BCUT2D eigenvalue weighted by Crippen LogP contribution is 2.24. The van der Waals surface area contributed by atoms with Crippen molar-refractivity contribution in [1.82, 2.24) is 19.8 Å². The molecule has 0 radical (unpaired) electrons. The number of nitrogens with zero attached hydrogens (tertiary/aromatic N) is 5. The minimum Gasteiger partial charge on any atom is -0.355 e. The van der Waals surface area contributed by atoms with Gasteiger partial charge in [-0.3, -0.25) is 0 Å². The van der Waals surface area contributed by atoms with Gasteiger partial charge in [0.2, 0.25) is 0 Å². The van der Waals surface area contributed by atoms with Crippen LogP contribution in [-0.2, 0) is 5.41 Å². The molecule has 5 nitrogen and oxygen atoms in total. The van der Waals surface area contributed by atoms with E-state index in [1.807, 2.05) is 10.6 Å². The summed E-state index contributed by atoms with van der Waals surface area (Å²) in [5, 5.41) is 13.3. The maximum Gasteiger partial charge on any atom is 0.178 e. The number of fused-ring (bicyclic) bond motifs is 1. The van der Waals surface area contributed by atoms with Crippen molar-refractivity contribution in [3.8, 4) is 0 Å².